The number of hydrogen-bond acceptors (Lipinski definition) is 3. The highest BCUT2D eigenvalue weighted by Gasteiger charge is 2.41. The van der Waals surface area contributed by atoms with Crippen molar-refractivity contribution in [3.05, 3.63) is 23.8 Å². The van der Waals surface area contributed by atoms with Crippen LogP contribution in [-0.4, -0.2) is 17.8 Å². The molecule has 0 radical (unpaired) electrons. The number of methoxy groups -OCH3 is 1. The smallest absolute Gasteiger partial charge is 0.129 e. The van der Waals surface area contributed by atoms with Crippen LogP contribution in [0, 0.1) is 11.8 Å². The SMILES string of the molecule is COc1ccc2c(c1)OC(CC(C)C)(CC(C)C)C[C@@H]2O. The van der Waals surface area contributed by atoms with Gasteiger partial charge in [-0.2, -0.15) is 0 Å². The summed E-state index contributed by atoms with van der Waals surface area (Å²) in [6.45, 7) is 8.83. The zero-order valence-corrected chi connectivity index (χ0v) is 13.8. The van der Waals surface area contributed by atoms with Crippen LogP contribution in [0.25, 0.3) is 0 Å². The van der Waals surface area contributed by atoms with E-state index in [1.807, 2.05) is 18.2 Å². The van der Waals surface area contributed by atoms with Crippen molar-refractivity contribution in [1.29, 1.82) is 0 Å². The lowest BCUT2D eigenvalue weighted by molar-refractivity contribution is -0.0408. The molecule has 118 valence electrons. The number of benzene rings is 1. The predicted octanol–water partition coefficient (Wildman–Crippen LogP) is 4.34. The summed E-state index contributed by atoms with van der Waals surface area (Å²) in [5.41, 5.74) is 0.597. The maximum absolute atomic E-state index is 10.6. The van der Waals surface area contributed by atoms with E-state index in [1.165, 1.54) is 0 Å². The lowest BCUT2D eigenvalue weighted by Crippen LogP contribution is -2.43. The van der Waals surface area contributed by atoms with E-state index in [-0.39, 0.29) is 5.60 Å². The number of hydrogen-bond donors (Lipinski definition) is 1. The number of ether oxygens (including phenoxy) is 2. The third-order valence-corrected chi connectivity index (χ3v) is 4.03. The van der Waals surface area contributed by atoms with Gasteiger partial charge < -0.3 is 14.6 Å². The Labute approximate surface area is 128 Å². The Hall–Kier alpha value is -1.22. The third kappa shape index (κ3) is 3.70. The van der Waals surface area contributed by atoms with E-state index in [2.05, 4.69) is 27.7 Å². The Kier molecular flexibility index (Phi) is 4.82. The van der Waals surface area contributed by atoms with E-state index in [4.69, 9.17) is 9.47 Å². The third-order valence-electron chi connectivity index (χ3n) is 4.03. The Morgan fingerprint density at radius 1 is 1.24 bits per heavy atom. The first-order valence-electron chi connectivity index (χ1n) is 7.90. The van der Waals surface area contributed by atoms with Gasteiger partial charge in [0.15, 0.2) is 0 Å². The first-order chi connectivity index (χ1) is 9.85. The molecule has 1 heterocycles. The van der Waals surface area contributed by atoms with Crippen molar-refractivity contribution in [2.24, 2.45) is 11.8 Å². The highest BCUT2D eigenvalue weighted by molar-refractivity contribution is 5.44. The second-order valence-corrected chi connectivity index (χ2v) is 7.10. The Bertz CT molecular complexity index is 469. The summed E-state index contributed by atoms with van der Waals surface area (Å²) in [4.78, 5) is 0. The minimum Gasteiger partial charge on any atom is -0.497 e. The van der Waals surface area contributed by atoms with Gasteiger partial charge in [0.1, 0.15) is 17.1 Å². The van der Waals surface area contributed by atoms with Crippen molar-refractivity contribution in [2.75, 3.05) is 7.11 Å². The van der Waals surface area contributed by atoms with Gasteiger partial charge >= 0.3 is 0 Å². The van der Waals surface area contributed by atoms with Gasteiger partial charge in [0, 0.05) is 18.1 Å². The Balaban J connectivity index is 2.36. The van der Waals surface area contributed by atoms with Gasteiger partial charge in [-0.1, -0.05) is 27.7 Å². The van der Waals surface area contributed by atoms with E-state index in [1.54, 1.807) is 7.11 Å². The fourth-order valence-electron chi connectivity index (χ4n) is 3.56. The quantitative estimate of drug-likeness (QED) is 0.877. The van der Waals surface area contributed by atoms with Gasteiger partial charge in [0.25, 0.3) is 0 Å². The molecule has 0 saturated heterocycles. The van der Waals surface area contributed by atoms with Crippen molar-refractivity contribution in [2.45, 2.75) is 58.7 Å². The number of aliphatic hydroxyl groups is 1. The summed E-state index contributed by atoms with van der Waals surface area (Å²) in [6.07, 6.45) is 2.12. The molecule has 1 aliphatic heterocycles. The molecule has 1 aromatic carbocycles. The van der Waals surface area contributed by atoms with Gasteiger partial charge in [-0.15, -0.1) is 0 Å². The molecular weight excluding hydrogens is 264 g/mol. The van der Waals surface area contributed by atoms with Crippen molar-refractivity contribution in [3.8, 4) is 11.5 Å². The van der Waals surface area contributed by atoms with Gasteiger partial charge in [0.2, 0.25) is 0 Å². The van der Waals surface area contributed by atoms with Crippen LogP contribution in [0.5, 0.6) is 11.5 Å². The number of fused-ring (bicyclic) bond motifs is 1. The monoisotopic (exact) mass is 292 g/mol. The Morgan fingerprint density at radius 2 is 1.86 bits per heavy atom. The molecule has 2 rings (SSSR count). The molecule has 0 amide bonds. The van der Waals surface area contributed by atoms with Gasteiger partial charge in [0.05, 0.1) is 13.2 Å². The van der Waals surface area contributed by atoms with E-state index in [0.29, 0.717) is 18.3 Å². The average molecular weight is 292 g/mol. The lowest BCUT2D eigenvalue weighted by Gasteiger charge is -2.43. The van der Waals surface area contributed by atoms with Gasteiger partial charge in [-0.25, -0.2) is 0 Å². The second-order valence-electron chi connectivity index (χ2n) is 7.10. The lowest BCUT2D eigenvalue weighted by atomic mass is 9.78. The molecular formula is C18H28O3. The molecule has 0 aromatic heterocycles. The minimum absolute atomic E-state index is 0.277. The van der Waals surface area contributed by atoms with Crippen LogP contribution in [0.15, 0.2) is 18.2 Å². The van der Waals surface area contributed by atoms with Crippen molar-refractivity contribution >= 4 is 0 Å². The predicted molar refractivity (Wildman–Crippen MR) is 84.8 cm³/mol. The molecule has 0 saturated carbocycles. The molecule has 1 aliphatic rings. The summed E-state index contributed by atoms with van der Waals surface area (Å²) in [7, 11) is 1.65. The topological polar surface area (TPSA) is 38.7 Å². The molecule has 0 aliphatic carbocycles. The molecule has 1 atom stereocenters. The van der Waals surface area contributed by atoms with Crippen LogP contribution in [0.3, 0.4) is 0 Å². The molecule has 0 spiro atoms. The van der Waals surface area contributed by atoms with E-state index in [0.717, 1.165) is 29.9 Å². The van der Waals surface area contributed by atoms with Crippen molar-refractivity contribution < 1.29 is 14.6 Å². The molecule has 0 fully saturated rings. The molecule has 0 unspecified atom stereocenters. The van der Waals surface area contributed by atoms with E-state index >= 15 is 0 Å². The number of aliphatic hydroxyl groups excluding tert-OH is 1. The zero-order valence-electron chi connectivity index (χ0n) is 13.8. The van der Waals surface area contributed by atoms with Gasteiger partial charge in [-0.3, -0.25) is 0 Å². The van der Waals surface area contributed by atoms with E-state index in [9.17, 15) is 5.11 Å². The normalized spacial score (nSPS) is 20.3. The maximum Gasteiger partial charge on any atom is 0.129 e. The second kappa shape index (κ2) is 6.27. The van der Waals surface area contributed by atoms with Crippen LogP contribution in [0.1, 0.15) is 58.6 Å². The van der Waals surface area contributed by atoms with Gasteiger partial charge in [-0.05, 0) is 36.8 Å². The number of rotatable bonds is 5. The standard InChI is InChI=1S/C18H28O3/c1-12(2)9-18(10-13(3)4)11-16(19)15-7-6-14(20-5)8-17(15)21-18/h6-8,12-13,16,19H,9-11H2,1-5H3/t16-/m0/s1. The van der Waals surface area contributed by atoms with Crippen LogP contribution < -0.4 is 9.47 Å². The highest BCUT2D eigenvalue weighted by atomic mass is 16.5. The van der Waals surface area contributed by atoms with Crippen LogP contribution >= 0.6 is 0 Å². The first kappa shape index (κ1) is 16.2. The largest absolute Gasteiger partial charge is 0.497 e. The summed E-state index contributed by atoms with van der Waals surface area (Å²) in [5.74, 6) is 2.60. The zero-order chi connectivity index (χ0) is 15.6. The molecule has 1 aromatic rings. The summed E-state index contributed by atoms with van der Waals surface area (Å²) >= 11 is 0. The van der Waals surface area contributed by atoms with Crippen molar-refractivity contribution in [1.82, 2.24) is 0 Å². The molecule has 1 N–H and O–H groups in total. The van der Waals surface area contributed by atoms with Crippen LogP contribution in [-0.2, 0) is 0 Å². The molecule has 0 bridgehead atoms. The van der Waals surface area contributed by atoms with Crippen LogP contribution in [0.4, 0.5) is 0 Å². The molecule has 21 heavy (non-hydrogen) atoms. The fourth-order valence-corrected chi connectivity index (χ4v) is 3.56. The molecule has 3 heteroatoms. The van der Waals surface area contributed by atoms with E-state index < -0.39 is 6.10 Å². The molecule has 3 nitrogen and oxygen atoms in total. The fraction of sp³-hybridized carbons (Fsp3) is 0.667. The maximum atomic E-state index is 10.6. The van der Waals surface area contributed by atoms with Crippen molar-refractivity contribution in [3.63, 3.8) is 0 Å². The Morgan fingerprint density at radius 3 is 2.38 bits per heavy atom. The summed E-state index contributed by atoms with van der Waals surface area (Å²) in [5, 5.41) is 10.6. The first-order valence-corrected chi connectivity index (χ1v) is 7.90. The minimum atomic E-state index is -0.461. The average Bonchev–Trinajstić information content (AvgIpc) is 2.35. The van der Waals surface area contributed by atoms with Crippen LogP contribution in [0.2, 0.25) is 0 Å². The highest BCUT2D eigenvalue weighted by Crippen LogP contribution is 2.46. The summed E-state index contributed by atoms with van der Waals surface area (Å²) in [6, 6.07) is 5.68. The summed E-state index contributed by atoms with van der Waals surface area (Å²) < 4.78 is 11.7.